The lowest BCUT2D eigenvalue weighted by molar-refractivity contribution is -0.125. The number of nitrogens with one attached hydrogen (secondary N) is 1. The molecule has 5 nitrogen and oxygen atoms in total. The van der Waals surface area contributed by atoms with E-state index in [2.05, 4.69) is 5.32 Å². The number of amides is 1. The molecule has 2 rings (SSSR count). The zero-order valence-corrected chi connectivity index (χ0v) is 10.3. The van der Waals surface area contributed by atoms with E-state index in [-0.39, 0.29) is 29.7 Å². The number of rotatable bonds is 3. The van der Waals surface area contributed by atoms with E-state index in [1.54, 1.807) is 18.2 Å². The van der Waals surface area contributed by atoms with Crippen molar-refractivity contribution in [1.82, 2.24) is 5.32 Å². The minimum atomic E-state index is -0.287. The topological polar surface area (TPSA) is 84.6 Å². The van der Waals surface area contributed by atoms with Crippen LogP contribution in [0.3, 0.4) is 0 Å². The maximum Gasteiger partial charge on any atom is 0.227 e. The van der Waals surface area contributed by atoms with Crippen LogP contribution in [0.4, 0.5) is 0 Å². The first-order chi connectivity index (χ1) is 8.58. The van der Waals surface area contributed by atoms with Crippen LogP contribution in [-0.4, -0.2) is 30.3 Å². The molecule has 1 aliphatic rings. The standard InChI is InChI=1S/C13H18N2O3/c1-8(9-3-2-4-10(16)5-9)15-13(17)11-6-18-7-12(11)14/h2-5,8,11-12,16H,6-7,14H2,1H3,(H,15,17). The molecule has 3 unspecified atom stereocenters. The normalized spacial score (nSPS) is 24.8. The summed E-state index contributed by atoms with van der Waals surface area (Å²) in [5.74, 6) is -0.199. The molecule has 18 heavy (non-hydrogen) atoms. The van der Waals surface area contributed by atoms with Gasteiger partial charge in [0.2, 0.25) is 5.91 Å². The summed E-state index contributed by atoms with van der Waals surface area (Å²) in [6.07, 6.45) is 0. The third-order valence-corrected chi connectivity index (χ3v) is 3.19. The highest BCUT2D eigenvalue weighted by Gasteiger charge is 2.31. The lowest BCUT2D eigenvalue weighted by Gasteiger charge is -2.18. The highest BCUT2D eigenvalue weighted by atomic mass is 16.5. The number of hydrogen-bond donors (Lipinski definition) is 3. The van der Waals surface area contributed by atoms with Crippen molar-refractivity contribution in [1.29, 1.82) is 0 Å². The van der Waals surface area contributed by atoms with Gasteiger partial charge in [0.15, 0.2) is 0 Å². The van der Waals surface area contributed by atoms with Crippen LogP contribution in [0.1, 0.15) is 18.5 Å². The van der Waals surface area contributed by atoms with E-state index >= 15 is 0 Å². The van der Waals surface area contributed by atoms with Gasteiger partial charge < -0.3 is 20.9 Å². The molecular formula is C13H18N2O3. The van der Waals surface area contributed by atoms with E-state index in [1.165, 1.54) is 0 Å². The van der Waals surface area contributed by atoms with Gasteiger partial charge in [0.05, 0.1) is 25.2 Å². The molecule has 1 aliphatic heterocycles. The maximum absolute atomic E-state index is 12.0. The number of aromatic hydroxyl groups is 1. The largest absolute Gasteiger partial charge is 0.508 e. The molecule has 0 bridgehead atoms. The Labute approximate surface area is 106 Å². The Kier molecular flexibility index (Phi) is 3.84. The molecule has 1 heterocycles. The molecule has 98 valence electrons. The average Bonchev–Trinajstić information content (AvgIpc) is 2.75. The average molecular weight is 250 g/mol. The number of ether oxygens (including phenoxy) is 1. The van der Waals surface area contributed by atoms with Crippen molar-refractivity contribution in [3.05, 3.63) is 29.8 Å². The fourth-order valence-corrected chi connectivity index (χ4v) is 2.04. The number of nitrogens with two attached hydrogens (primary N) is 1. The summed E-state index contributed by atoms with van der Waals surface area (Å²) in [5.41, 5.74) is 6.65. The minimum Gasteiger partial charge on any atom is -0.508 e. The van der Waals surface area contributed by atoms with Gasteiger partial charge in [0, 0.05) is 6.04 Å². The maximum atomic E-state index is 12.0. The van der Waals surface area contributed by atoms with Crippen LogP contribution in [0.2, 0.25) is 0 Å². The Hall–Kier alpha value is -1.59. The van der Waals surface area contributed by atoms with Crippen molar-refractivity contribution in [3.8, 4) is 5.75 Å². The van der Waals surface area contributed by atoms with E-state index in [0.717, 1.165) is 5.56 Å². The second-order valence-electron chi connectivity index (χ2n) is 4.63. The van der Waals surface area contributed by atoms with Crippen LogP contribution < -0.4 is 11.1 Å². The Bertz CT molecular complexity index is 436. The number of phenolic OH excluding ortho intramolecular Hbond substituents is 1. The lowest BCUT2D eigenvalue weighted by Crippen LogP contribution is -2.41. The molecule has 1 saturated heterocycles. The fraction of sp³-hybridized carbons (Fsp3) is 0.462. The Balaban J connectivity index is 1.98. The summed E-state index contributed by atoms with van der Waals surface area (Å²) >= 11 is 0. The molecule has 0 radical (unpaired) electrons. The summed E-state index contributed by atoms with van der Waals surface area (Å²) in [7, 11) is 0. The van der Waals surface area contributed by atoms with Crippen LogP contribution >= 0.6 is 0 Å². The summed E-state index contributed by atoms with van der Waals surface area (Å²) in [5, 5.41) is 12.3. The summed E-state index contributed by atoms with van der Waals surface area (Å²) in [6.45, 7) is 2.67. The van der Waals surface area contributed by atoms with Gasteiger partial charge >= 0.3 is 0 Å². The second kappa shape index (κ2) is 5.37. The van der Waals surface area contributed by atoms with Crippen LogP contribution in [-0.2, 0) is 9.53 Å². The highest BCUT2D eigenvalue weighted by Crippen LogP contribution is 2.19. The molecule has 0 aromatic heterocycles. The molecule has 1 fully saturated rings. The monoisotopic (exact) mass is 250 g/mol. The van der Waals surface area contributed by atoms with Gasteiger partial charge in [-0.05, 0) is 24.6 Å². The molecule has 0 spiro atoms. The van der Waals surface area contributed by atoms with Crippen LogP contribution in [0, 0.1) is 5.92 Å². The summed E-state index contributed by atoms with van der Waals surface area (Å²) < 4.78 is 5.17. The van der Waals surface area contributed by atoms with Gasteiger partial charge in [-0.15, -0.1) is 0 Å². The van der Waals surface area contributed by atoms with E-state index in [0.29, 0.717) is 13.2 Å². The van der Waals surface area contributed by atoms with Crippen molar-refractivity contribution in [2.24, 2.45) is 11.7 Å². The van der Waals surface area contributed by atoms with Crippen LogP contribution in [0.15, 0.2) is 24.3 Å². The molecule has 1 amide bonds. The van der Waals surface area contributed by atoms with Gasteiger partial charge in [-0.3, -0.25) is 4.79 Å². The number of benzene rings is 1. The quantitative estimate of drug-likeness (QED) is 0.731. The van der Waals surface area contributed by atoms with Crippen molar-refractivity contribution < 1.29 is 14.6 Å². The number of hydrogen-bond acceptors (Lipinski definition) is 4. The van der Waals surface area contributed by atoms with Crippen LogP contribution in [0.25, 0.3) is 0 Å². The summed E-state index contributed by atoms with van der Waals surface area (Å²) in [4.78, 5) is 12.0. The number of carbonyl (C=O) groups is 1. The highest BCUT2D eigenvalue weighted by molar-refractivity contribution is 5.80. The smallest absolute Gasteiger partial charge is 0.227 e. The zero-order valence-electron chi connectivity index (χ0n) is 10.3. The Morgan fingerprint density at radius 3 is 2.94 bits per heavy atom. The van der Waals surface area contributed by atoms with Crippen molar-refractivity contribution in [3.63, 3.8) is 0 Å². The predicted octanol–water partition coefficient (Wildman–Crippen LogP) is 0.543. The second-order valence-corrected chi connectivity index (χ2v) is 4.63. The Morgan fingerprint density at radius 1 is 1.56 bits per heavy atom. The first kappa shape index (κ1) is 12.9. The van der Waals surface area contributed by atoms with Crippen molar-refractivity contribution in [2.45, 2.75) is 19.0 Å². The first-order valence-electron chi connectivity index (χ1n) is 6.00. The molecule has 5 heteroatoms. The fourth-order valence-electron chi connectivity index (χ4n) is 2.04. The van der Waals surface area contributed by atoms with Crippen molar-refractivity contribution in [2.75, 3.05) is 13.2 Å². The summed E-state index contributed by atoms with van der Waals surface area (Å²) in [6, 6.07) is 6.43. The van der Waals surface area contributed by atoms with Gasteiger partial charge in [0.1, 0.15) is 5.75 Å². The Morgan fingerprint density at radius 2 is 2.33 bits per heavy atom. The molecule has 3 atom stereocenters. The first-order valence-corrected chi connectivity index (χ1v) is 6.00. The van der Waals surface area contributed by atoms with Gasteiger partial charge in [0.25, 0.3) is 0 Å². The van der Waals surface area contributed by atoms with Crippen LogP contribution in [0.5, 0.6) is 5.75 Å². The lowest BCUT2D eigenvalue weighted by atomic mass is 10.0. The molecule has 4 N–H and O–H groups in total. The van der Waals surface area contributed by atoms with Gasteiger partial charge in [-0.1, -0.05) is 12.1 Å². The third kappa shape index (κ3) is 2.80. The molecule has 0 aliphatic carbocycles. The van der Waals surface area contributed by atoms with E-state index in [9.17, 15) is 9.90 Å². The molecule has 0 saturated carbocycles. The van der Waals surface area contributed by atoms with E-state index in [1.807, 2.05) is 13.0 Å². The zero-order chi connectivity index (χ0) is 13.1. The third-order valence-electron chi connectivity index (χ3n) is 3.19. The molecule has 1 aromatic rings. The minimum absolute atomic E-state index is 0.101. The van der Waals surface area contributed by atoms with Crippen molar-refractivity contribution >= 4 is 5.91 Å². The predicted molar refractivity (Wildman–Crippen MR) is 66.9 cm³/mol. The van der Waals surface area contributed by atoms with E-state index < -0.39 is 0 Å². The molecular weight excluding hydrogens is 232 g/mol. The van der Waals surface area contributed by atoms with Gasteiger partial charge in [-0.25, -0.2) is 0 Å². The molecule has 1 aromatic carbocycles. The number of phenols is 1. The SMILES string of the molecule is CC(NC(=O)C1COCC1N)c1cccc(O)c1. The van der Waals surface area contributed by atoms with Gasteiger partial charge in [-0.2, -0.15) is 0 Å². The van der Waals surface area contributed by atoms with E-state index in [4.69, 9.17) is 10.5 Å². The number of carbonyl (C=O) groups excluding carboxylic acids is 1.